The number of aromatic amines is 1. The summed E-state index contributed by atoms with van der Waals surface area (Å²) in [7, 11) is 1.54. The molecule has 146 valence electrons. The van der Waals surface area contributed by atoms with E-state index >= 15 is 0 Å². The lowest BCUT2D eigenvalue weighted by Crippen LogP contribution is -2.15. The Morgan fingerprint density at radius 3 is 2.59 bits per heavy atom. The lowest BCUT2D eigenvalue weighted by atomic mass is 10.1. The van der Waals surface area contributed by atoms with Gasteiger partial charge in [0.2, 0.25) is 0 Å². The Hall–Kier alpha value is -3.98. The first-order chi connectivity index (χ1) is 14.0. The Bertz CT molecular complexity index is 1270. The minimum absolute atomic E-state index is 0.0633. The minimum Gasteiger partial charge on any atom is -0.497 e. The molecule has 1 amide bonds. The Labute approximate surface area is 165 Å². The summed E-state index contributed by atoms with van der Waals surface area (Å²) in [5, 5.41) is 0. The smallest absolute Gasteiger partial charge is 0.332 e. The summed E-state index contributed by atoms with van der Waals surface area (Å²) in [6.07, 6.45) is 0. The molecule has 0 unspecified atom stereocenters. The number of ether oxygens (including phenoxy) is 1. The summed E-state index contributed by atoms with van der Waals surface area (Å²) in [6.45, 7) is 0.403. The van der Waals surface area contributed by atoms with Crippen molar-refractivity contribution in [3.8, 4) is 22.8 Å². The Kier molecular flexibility index (Phi) is 4.57. The first kappa shape index (κ1) is 18.4. The number of nitrogens with one attached hydrogen (secondary N) is 1. The first-order valence-corrected chi connectivity index (χ1v) is 8.78. The number of primary amides is 1. The van der Waals surface area contributed by atoms with Crippen molar-refractivity contribution in [3.63, 3.8) is 0 Å². The van der Waals surface area contributed by atoms with Crippen LogP contribution in [0.4, 0.5) is 0 Å². The number of fused-ring (bicyclic) bond motifs is 1. The average molecular weight is 390 g/mol. The molecule has 29 heavy (non-hydrogen) atoms. The van der Waals surface area contributed by atoms with E-state index in [1.807, 2.05) is 12.1 Å². The van der Waals surface area contributed by atoms with E-state index < -0.39 is 11.6 Å². The van der Waals surface area contributed by atoms with Crippen molar-refractivity contribution in [2.24, 2.45) is 11.5 Å². The molecule has 0 spiro atoms. The number of carbonyl (C=O) groups is 1. The molecule has 5 N–H and O–H groups in total. The van der Waals surface area contributed by atoms with Crippen LogP contribution in [-0.2, 0) is 6.54 Å². The highest BCUT2D eigenvalue weighted by Gasteiger charge is 2.20. The zero-order valence-electron chi connectivity index (χ0n) is 15.5. The number of nitrogens with zero attached hydrogens (tertiary/aromatic N) is 3. The summed E-state index contributed by atoms with van der Waals surface area (Å²) in [5.41, 5.74) is 13.2. The van der Waals surface area contributed by atoms with Crippen LogP contribution in [0, 0.1) is 0 Å². The van der Waals surface area contributed by atoms with Crippen LogP contribution >= 0.6 is 0 Å². The molecular formula is C20H18N6O3. The molecule has 2 heterocycles. The molecule has 0 aliphatic carbocycles. The quantitative estimate of drug-likeness (QED) is 0.469. The van der Waals surface area contributed by atoms with E-state index in [0.29, 0.717) is 23.5 Å². The Morgan fingerprint density at radius 1 is 1.17 bits per heavy atom. The van der Waals surface area contributed by atoms with E-state index in [1.54, 1.807) is 36.4 Å². The fraction of sp³-hybridized carbons (Fsp3) is 0.100. The van der Waals surface area contributed by atoms with E-state index in [0.717, 1.165) is 5.56 Å². The van der Waals surface area contributed by atoms with Gasteiger partial charge in [-0.25, -0.2) is 19.3 Å². The van der Waals surface area contributed by atoms with E-state index in [9.17, 15) is 9.59 Å². The SMILES string of the molecule is COc1cccc(-n2c(=O)[nH]c3c(C(N)=O)nc(-c4ccc(CN)cc4)nc32)c1. The van der Waals surface area contributed by atoms with Gasteiger partial charge in [-0.3, -0.25) is 4.79 Å². The predicted molar refractivity (Wildman–Crippen MR) is 108 cm³/mol. The molecular weight excluding hydrogens is 372 g/mol. The minimum atomic E-state index is -0.767. The van der Waals surface area contributed by atoms with E-state index in [-0.39, 0.29) is 22.7 Å². The highest BCUT2D eigenvalue weighted by Crippen LogP contribution is 2.23. The number of nitrogens with two attached hydrogens (primary N) is 2. The average Bonchev–Trinajstić information content (AvgIpc) is 3.08. The van der Waals surface area contributed by atoms with Crippen LogP contribution in [-0.4, -0.2) is 32.5 Å². The predicted octanol–water partition coefficient (Wildman–Crippen LogP) is 1.34. The molecule has 9 heteroatoms. The normalized spacial score (nSPS) is 11.0. The summed E-state index contributed by atoms with van der Waals surface area (Å²) in [6, 6.07) is 14.2. The third kappa shape index (κ3) is 3.23. The molecule has 0 aliphatic rings. The van der Waals surface area contributed by atoms with Crippen molar-refractivity contribution in [1.29, 1.82) is 0 Å². The van der Waals surface area contributed by atoms with Gasteiger partial charge < -0.3 is 21.2 Å². The van der Waals surface area contributed by atoms with Crippen LogP contribution in [0.2, 0.25) is 0 Å². The highest BCUT2D eigenvalue weighted by molar-refractivity contribution is 6.02. The summed E-state index contributed by atoms with van der Waals surface area (Å²) in [5.74, 6) is 0.0762. The molecule has 2 aromatic heterocycles. The van der Waals surface area contributed by atoms with Crippen molar-refractivity contribution >= 4 is 17.1 Å². The van der Waals surface area contributed by atoms with E-state index in [4.69, 9.17) is 16.2 Å². The van der Waals surface area contributed by atoms with Gasteiger partial charge in [-0.05, 0) is 17.7 Å². The molecule has 0 aliphatic heterocycles. The van der Waals surface area contributed by atoms with Gasteiger partial charge in [-0.2, -0.15) is 0 Å². The topological polar surface area (TPSA) is 142 Å². The maximum absolute atomic E-state index is 12.7. The number of aromatic nitrogens is 4. The lowest BCUT2D eigenvalue weighted by molar-refractivity contribution is 0.0997. The summed E-state index contributed by atoms with van der Waals surface area (Å²) >= 11 is 0. The van der Waals surface area contributed by atoms with Crippen molar-refractivity contribution < 1.29 is 9.53 Å². The first-order valence-electron chi connectivity index (χ1n) is 8.78. The van der Waals surface area contributed by atoms with Gasteiger partial charge in [0.15, 0.2) is 17.2 Å². The maximum atomic E-state index is 12.7. The number of carbonyl (C=O) groups excluding carboxylic acids is 1. The number of amides is 1. The second-order valence-electron chi connectivity index (χ2n) is 6.33. The van der Waals surface area contributed by atoms with Gasteiger partial charge >= 0.3 is 5.69 Å². The fourth-order valence-electron chi connectivity index (χ4n) is 3.07. The number of hydrogen-bond acceptors (Lipinski definition) is 6. The largest absolute Gasteiger partial charge is 0.497 e. The molecule has 0 fully saturated rings. The number of rotatable bonds is 5. The van der Waals surface area contributed by atoms with Crippen molar-refractivity contribution in [1.82, 2.24) is 19.5 Å². The molecule has 0 radical (unpaired) electrons. The van der Waals surface area contributed by atoms with E-state index in [2.05, 4.69) is 15.0 Å². The summed E-state index contributed by atoms with van der Waals surface area (Å²) < 4.78 is 6.59. The summed E-state index contributed by atoms with van der Waals surface area (Å²) in [4.78, 5) is 36.2. The van der Waals surface area contributed by atoms with Crippen molar-refractivity contribution in [2.75, 3.05) is 7.11 Å². The number of methoxy groups -OCH3 is 1. The molecule has 0 saturated carbocycles. The van der Waals surface area contributed by atoms with Crippen LogP contribution < -0.4 is 21.9 Å². The van der Waals surface area contributed by atoms with E-state index in [1.165, 1.54) is 11.7 Å². The maximum Gasteiger partial charge on any atom is 0.332 e. The zero-order valence-corrected chi connectivity index (χ0v) is 15.5. The third-order valence-corrected chi connectivity index (χ3v) is 4.53. The monoisotopic (exact) mass is 390 g/mol. The van der Waals surface area contributed by atoms with Crippen LogP contribution in [0.15, 0.2) is 53.3 Å². The third-order valence-electron chi connectivity index (χ3n) is 4.53. The number of H-pyrrole nitrogens is 1. The van der Waals surface area contributed by atoms with Gasteiger partial charge in [0, 0.05) is 18.2 Å². The highest BCUT2D eigenvalue weighted by atomic mass is 16.5. The van der Waals surface area contributed by atoms with Crippen LogP contribution in [0.1, 0.15) is 16.1 Å². The van der Waals surface area contributed by atoms with Crippen molar-refractivity contribution in [2.45, 2.75) is 6.54 Å². The molecule has 4 rings (SSSR count). The van der Waals surface area contributed by atoms with Gasteiger partial charge in [0.05, 0.1) is 12.8 Å². The van der Waals surface area contributed by atoms with Gasteiger partial charge in [0.25, 0.3) is 5.91 Å². The standard InChI is InChI=1S/C20H18N6O3/c1-29-14-4-2-3-13(9-14)26-19-16(24-20(26)28)15(17(22)27)23-18(25-19)12-7-5-11(10-21)6-8-12/h2-9H,10,21H2,1H3,(H2,22,27)(H,24,28). The zero-order chi connectivity index (χ0) is 20.5. The molecule has 2 aromatic carbocycles. The molecule has 0 bridgehead atoms. The Morgan fingerprint density at radius 2 is 1.93 bits per heavy atom. The van der Waals surface area contributed by atoms with Crippen LogP contribution in [0.25, 0.3) is 28.2 Å². The Balaban J connectivity index is 2.00. The number of imidazole rings is 1. The lowest BCUT2D eigenvalue weighted by Gasteiger charge is -2.08. The second kappa shape index (κ2) is 7.21. The van der Waals surface area contributed by atoms with Gasteiger partial charge in [-0.1, -0.05) is 30.3 Å². The fourth-order valence-corrected chi connectivity index (χ4v) is 3.07. The van der Waals surface area contributed by atoms with Crippen LogP contribution in [0.3, 0.4) is 0 Å². The van der Waals surface area contributed by atoms with Gasteiger partial charge in [0.1, 0.15) is 11.3 Å². The number of hydrogen-bond donors (Lipinski definition) is 3. The number of benzene rings is 2. The van der Waals surface area contributed by atoms with Crippen LogP contribution in [0.5, 0.6) is 5.75 Å². The molecule has 0 atom stereocenters. The van der Waals surface area contributed by atoms with Crippen molar-refractivity contribution in [3.05, 3.63) is 70.3 Å². The van der Waals surface area contributed by atoms with Gasteiger partial charge in [-0.15, -0.1) is 0 Å². The molecule has 4 aromatic rings. The molecule has 0 saturated heterocycles. The second-order valence-corrected chi connectivity index (χ2v) is 6.33. The molecule has 9 nitrogen and oxygen atoms in total.